The van der Waals surface area contributed by atoms with E-state index in [4.69, 9.17) is 32.7 Å². The van der Waals surface area contributed by atoms with Crippen LogP contribution in [-0.4, -0.2) is 28.8 Å². The van der Waals surface area contributed by atoms with Gasteiger partial charge in [0.1, 0.15) is 11.4 Å². The molecule has 4 rings (SSSR count). The van der Waals surface area contributed by atoms with Crippen molar-refractivity contribution in [2.75, 3.05) is 9.44 Å². The fraction of sp³-hybridized carbons (Fsp3) is 0.214. The summed E-state index contributed by atoms with van der Waals surface area (Å²) in [6.07, 6.45) is -0.171. The second-order valence-corrected chi connectivity index (χ2v) is 15.0. The van der Waals surface area contributed by atoms with E-state index in [1.54, 1.807) is 32.9 Å². The Morgan fingerprint density at radius 1 is 0.773 bits per heavy atom. The summed E-state index contributed by atoms with van der Waals surface area (Å²) >= 11 is 14.4. The predicted octanol–water partition coefficient (Wildman–Crippen LogP) is 7.26. The smallest absolute Gasteiger partial charge is 0.315 e. The number of rotatable bonds is 12. The van der Waals surface area contributed by atoms with Crippen LogP contribution in [0.25, 0.3) is 0 Å². The molecule has 4 aromatic rings. The molecule has 1 unspecified atom stereocenters. The number of carbonyl (C=O) groups excluding carboxylic acids is 2. The number of halogens is 2. The maximum absolute atomic E-state index is 13.0. The van der Waals surface area contributed by atoms with Gasteiger partial charge in [-0.3, -0.25) is 19.0 Å². The first-order valence-electron chi connectivity index (χ1n) is 12.8. The van der Waals surface area contributed by atoms with Crippen LogP contribution >= 0.6 is 45.9 Å². The molecule has 0 saturated heterocycles. The second kappa shape index (κ2) is 13.9. The van der Waals surface area contributed by atoms with E-state index in [2.05, 4.69) is 9.44 Å². The zero-order valence-electron chi connectivity index (χ0n) is 23.4. The van der Waals surface area contributed by atoms with Gasteiger partial charge in [-0.25, -0.2) is 16.8 Å². The third kappa shape index (κ3) is 7.73. The van der Waals surface area contributed by atoms with E-state index in [9.17, 15) is 26.4 Å². The molecule has 0 spiro atoms. The predicted molar refractivity (Wildman–Crippen MR) is 172 cm³/mol. The minimum atomic E-state index is -4.06. The molecule has 0 aliphatic carbocycles. The van der Waals surface area contributed by atoms with E-state index >= 15 is 0 Å². The molecule has 0 aliphatic heterocycles. The molecule has 1 atom stereocenters. The first-order valence-corrected chi connectivity index (χ1v) is 18.4. The molecule has 0 amide bonds. The lowest BCUT2D eigenvalue weighted by Gasteiger charge is -2.15. The normalized spacial score (nSPS) is 12.4. The second-order valence-electron chi connectivity index (χ2n) is 9.44. The Morgan fingerprint density at radius 2 is 1.23 bits per heavy atom. The largest absolute Gasteiger partial charge is 0.423 e. The fourth-order valence-corrected chi connectivity index (χ4v) is 8.61. The summed E-state index contributed by atoms with van der Waals surface area (Å²) in [7, 11) is -8.11. The summed E-state index contributed by atoms with van der Waals surface area (Å²) in [5.41, 5.74) is 0.816. The van der Waals surface area contributed by atoms with Gasteiger partial charge in [0, 0.05) is 31.6 Å². The van der Waals surface area contributed by atoms with Crippen LogP contribution in [0.3, 0.4) is 0 Å². The summed E-state index contributed by atoms with van der Waals surface area (Å²) < 4.78 is 67.7. The molecule has 0 radical (unpaired) electrons. The van der Waals surface area contributed by atoms with Gasteiger partial charge in [-0.05, 0) is 55.7 Å². The lowest BCUT2D eigenvalue weighted by Crippen LogP contribution is -2.25. The molecule has 234 valence electrons. The SMILES string of the molecule is CCC(CC(=O)Oc1cscc1NS(=O)(=O)c1cccc(Cl)c1C)C(=O)Oc1cscc1NS(=O)(=O)c1cccc(Cl)c1C. The maximum Gasteiger partial charge on any atom is 0.315 e. The van der Waals surface area contributed by atoms with Crippen molar-refractivity contribution in [2.45, 2.75) is 43.4 Å². The molecule has 2 aromatic carbocycles. The highest BCUT2D eigenvalue weighted by molar-refractivity contribution is 7.93. The number of esters is 2. The van der Waals surface area contributed by atoms with Gasteiger partial charge in [-0.2, -0.15) is 0 Å². The quantitative estimate of drug-likeness (QED) is 0.146. The average Bonchev–Trinajstić information content (AvgIpc) is 3.57. The highest BCUT2D eigenvalue weighted by atomic mass is 35.5. The van der Waals surface area contributed by atoms with E-state index in [0.717, 1.165) is 22.7 Å². The van der Waals surface area contributed by atoms with E-state index in [1.807, 2.05) is 0 Å². The van der Waals surface area contributed by atoms with Gasteiger partial charge in [-0.1, -0.05) is 42.3 Å². The Morgan fingerprint density at radius 3 is 1.68 bits per heavy atom. The van der Waals surface area contributed by atoms with Crippen LogP contribution in [0.15, 0.2) is 67.7 Å². The first kappa shape index (κ1) is 33.7. The van der Waals surface area contributed by atoms with Gasteiger partial charge >= 0.3 is 11.9 Å². The number of benzene rings is 2. The summed E-state index contributed by atoms with van der Waals surface area (Å²) in [6.45, 7) is 4.82. The van der Waals surface area contributed by atoms with Crippen molar-refractivity contribution in [3.63, 3.8) is 0 Å². The standard InChI is InChI=1S/C28H26Cl2N2O8S4/c1-4-18(28(34)40-24-15-42-13-22(24)32-44(37,38)26-10-6-8-20(30)17(26)3)11-27(33)39-23-14-41-12-21(23)31-43(35,36)25-9-5-7-19(29)16(25)2/h5-10,12-15,18,31-32H,4,11H2,1-3H3. The monoisotopic (exact) mass is 716 g/mol. The Labute approximate surface area is 273 Å². The number of hydrogen-bond acceptors (Lipinski definition) is 10. The van der Waals surface area contributed by atoms with E-state index < -0.39 is 37.9 Å². The highest BCUT2D eigenvalue weighted by Gasteiger charge is 2.27. The van der Waals surface area contributed by atoms with Gasteiger partial charge in [0.2, 0.25) is 0 Å². The Kier molecular flexibility index (Phi) is 10.6. The zero-order chi connectivity index (χ0) is 32.2. The lowest BCUT2D eigenvalue weighted by molar-refractivity contribution is -0.145. The minimum absolute atomic E-state index is 0.0269. The molecule has 0 aliphatic rings. The Bertz CT molecular complexity index is 1920. The van der Waals surface area contributed by atoms with Gasteiger partial charge in [0.15, 0.2) is 11.5 Å². The Hall–Kier alpha value is -3.14. The topological polar surface area (TPSA) is 145 Å². The highest BCUT2D eigenvalue weighted by Crippen LogP contribution is 2.35. The van der Waals surface area contributed by atoms with Crippen molar-refractivity contribution in [1.82, 2.24) is 0 Å². The molecule has 2 N–H and O–H groups in total. The van der Waals surface area contributed by atoms with Crippen LogP contribution in [-0.2, 0) is 29.6 Å². The summed E-state index contributed by atoms with van der Waals surface area (Å²) in [4.78, 5) is 25.8. The van der Waals surface area contributed by atoms with Crippen LogP contribution < -0.4 is 18.9 Å². The summed E-state index contributed by atoms with van der Waals surface area (Å²) in [5.74, 6) is -2.56. The van der Waals surface area contributed by atoms with E-state index in [1.165, 1.54) is 45.8 Å². The van der Waals surface area contributed by atoms with Crippen molar-refractivity contribution < 1.29 is 35.9 Å². The number of anilines is 2. The lowest BCUT2D eigenvalue weighted by atomic mass is 10.0. The van der Waals surface area contributed by atoms with Crippen molar-refractivity contribution in [3.05, 3.63) is 79.1 Å². The maximum atomic E-state index is 13.0. The minimum Gasteiger partial charge on any atom is -0.423 e. The van der Waals surface area contributed by atoms with E-state index in [0.29, 0.717) is 11.1 Å². The van der Waals surface area contributed by atoms with Crippen molar-refractivity contribution in [3.8, 4) is 11.5 Å². The van der Waals surface area contributed by atoms with Gasteiger partial charge in [-0.15, -0.1) is 22.7 Å². The van der Waals surface area contributed by atoms with Gasteiger partial charge in [0.05, 0.1) is 22.1 Å². The number of carbonyl (C=O) groups is 2. The molecule has 0 fully saturated rings. The van der Waals surface area contributed by atoms with Gasteiger partial charge < -0.3 is 9.47 Å². The molecule has 2 aromatic heterocycles. The van der Waals surface area contributed by atoms with Crippen LogP contribution in [0.1, 0.15) is 30.9 Å². The molecule has 10 nitrogen and oxygen atoms in total. The summed E-state index contributed by atoms with van der Waals surface area (Å²) in [5, 5.41) is 6.41. The van der Waals surface area contributed by atoms with E-state index in [-0.39, 0.29) is 55.6 Å². The molecular weight excluding hydrogens is 691 g/mol. The Balaban J connectivity index is 1.42. The molecule has 16 heteroatoms. The summed E-state index contributed by atoms with van der Waals surface area (Å²) in [6, 6.07) is 8.98. The zero-order valence-corrected chi connectivity index (χ0v) is 28.2. The van der Waals surface area contributed by atoms with Crippen molar-refractivity contribution in [1.29, 1.82) is 0 Å². The van der Waals surface area contributed by atoms with Crippen LogP contribution in [0.4, 0.5) is 11.4 Å². The average molecular weight is 718 g/mol. The van der Waals surface area contributed by atoms with Gasteiger partial charge in [0.25, 0.3) is 20.0 Å². The van der Waals surface area contributed by atoms with Crippen LogP contribution in [0.2, 0.25) is 10.0 Å². The number of sulfonamides is 2. The number of hydrogen-bond donors (Lipinski definition) is 2. The molecule has 44 heavy (non-hydrogen) atoms. The molecule has 0 saturated carbocycles. The van der Waals surface area contributed by atoms with Crippen LogP contribution in [0, 0.1) is 19.8 Å². The first-order chi connectivity index (χ1) is 20.7. The molecule has 0 bridgehead atoms. The molecule has 2 heterocycles. The third-order valence-electron chi connectivity index (χ3n) is 6.43. The third-order valence-corrected chi connectivity index (χ3v) is 11.7. The fourth-order valence-electron chi connectivity index (χ4n) is 3.99. The molecular formula is C28H26Cl2N2O8S4. The van der Waals surface area contributed by atoms with Crippen LogP contribution in [0.5, 0.6) is 11.5 Å². The number of thiophene rings is 2. The number of nitrogens with one attached hydrogen (secondary N) is 2. The van der Waals surface area contributed by atoms with Crippen molar-refractivity contribution in [2.24, 2.45) is 5.92 Å². The van der Waals surface area contributed by atoms with Crippen molar-refractivity contribution >= 4 is 89.2 Å². The number of ether oxygens (including phenoxy) is 2.